The fraction of sp³-hybridized carbons (Fsp3) is 0.200. The molecular weight excluding hydrogens is 248 g/mol. The maximum atomic E-state index is 9.10. The van der Waals surface area contributed by atoms with Crippen LogP contribution in [0.2, 0.25) is 0 Å². The number of fused-ring (bicyclic) bond motifs is 1. The minimum atomic E-state index is 0.121. The summed E-state index contributed by atoms with van der Waals surface area (Å²) in [4.78, 5) is 0. The van der Waals surface area contributed by atoms with Crippen LogP contribution in [-0.2, 0) is 6.61 Å². The van der Waals surface area contributed by atoms with Crippen molar-refractivity contribution >= 4 is 37.4 Å². The van der Waals surface area contributed by atoms with Crippen LogP contribution in [0.4, 0.5) is 0 Å². The molecule has 0 unspecified atom stereocenters. The summed E-state index contributed by atoms with van der Waals surface area (Å²) in [5, 5.41) is 12.3. The third kappa shape index (κ3) is 1.52. The van der Waals surface area contributed by atoms with E-state index in [1.165, 1.54) is 15.6 Å². The Morgan fingerprint density at radius 3 is 2.92 bits per heavy atom. The number of benzene rings is 1. The summed E-state index contributed by atoms with van der Waals surface area (Å²) >= 11 is 5.19. The Morgan fingerprint density at radius 2 is 2.23 bits per heavy atom. The highest BCUT2D eigenvalue weighted by atomic mass is 79.9. The standard InChI is InChI=1S/C10H9BrOS/c1-6-2-8-7(4-12)5-13-10(8)9(11)3-6/h2-3,5,12H,4H2,1H3. The van der Waals surface area contributed by atoms with Gasteiger partial charge in [0.15, 0.2) is 0 Å². The van der Waals surface area contributed by atoms with Crippen LogP contribution in [0, 0.1) is 6.92 Å². The monoisotopic (exact) mass is 256 g/mol. The van der Waals surface area contributed by atoms with Crippen LogP contribution < -0.4 is 0 Å². The van der Waals surface area contributed by atoms with Crippen LogP contribution in [0.5, 0.6) is 0 Å². The van der Waals surface area contributed by atoms with Crippen molar-refractivity contribution in [1.29, 1.82) is 0 Å². The summed E-state index contributed by atoms with van der Waals surface area (Å²) in [5.74, 6) is 0. The van der Waals surface area contributed by atoms with Crippen molar-refractivity contribution in [3.05, 3.63) is 33.1 Å². The maximum absolute atomic E-state index is 9.10. The van der Waals surface area contributed by atoms with Crippen molar-refractivity contribution in [1.82, 2.24) is 0 Å². The van der Waals surface area contributed by atoms with Crippen molar-refractivity contribution in [3.8, 4) is 0 Å². The van der Waals surface area contributed by atoms with E-state index >= 15 is 0 Å². The molecule has 0 spiro atoms. The Morgan fingerprint density at radius 1 is 1.46 bits per heavy atom. The van der Waals surface area contributed by atoms with E-state index in [0.29, 0.717) is 0 Å². The molecule has 0 fully saturated rings. The molecule has 1 nitrogen and oxygen atoms in total. The Labute approximate surface area is 89.1 Å². The zero-order chi connectivity index (χ0) is 9.42. The quantitative estimate of drug-likeness (QED) is 0.829. The third-order valence-corrected chi connectivity index (χ3v) is 3.99. The van der Waals surface area contributed by atoms with Gasteiger partial charge in [0.2, 0.25) is 0 Å². The molecule has 0 radical (unpaired) electrons. The van der Waals surface area contributed by atoms with E-state index in [1.54, 1.807) is 11.3 Å². The van der Waals surface area contributed by atoms with E-state index < -0.39 is 0 Å². The fourth-order valence-corrected chi connectivity index (χ4v) is 3.21. The second kappa shape index (κ2) is 3.40. The Bertz CT molecular complexity index is 447. The maximum Gasteiger partial charge on any atom is 0.0696 e. The number of aliphatic hydroxyl groups is 1. The molecular formula is C10H9BrOS. The molecule has 0 saturated heterocycles. The minimum absolute atomic E-state index is 0.121. The van der Waals surface area contributed by atoms with Gasteiger partial charge in [-0.15, -0.1) is 11.3 Å². The average molecular weight is 257 g/mol. The molecule has 0 bridgehead atoms. The summed E-state index contributed by atoms with van der Waals surface area (Å²) in [7, 11) is 0. The number of thiophene rings is 1. The normalized spacial score (nSPS) is 11.0. The number of hydrogen-bond donors (Lipinski definition) is 1. The smallest absolute Gasteiger partial charge is 0.0696 e. The Kier molecular flexibility index (Phi) is 2.41. The zero-order valence-corrected chi connectivity index (χ0v) is 9.58. The van der Waals surface area contributed by atoms with Gasteiger partial charge in [-0.05, 0) is 50.8 Å². The lowest BCUT2D eigenvalue weighted by atomic mass is 10.1. The van der Waals surface area contributed by atoms with Gasteiger partial charge in [0.1, 0.15) is 0 Å². The number of hydrogen-bond acceptors (Lipinski definition) is 2. The van der Waals surface area contributed by atoms with Gasteiger partial charge in [-0.25, -0.2) is 0 Å². The second-order valence-electron chi connectivity index (χ2n) is 3.04. The van der Waals surface area contributed by atoms with Crippen LogP contribution in [0.1, 0.15) is 11.1 Å². The second-order valence-corrected chi connectivity index (χ2v) is 4.78. The van der Waals surface area contributed by atoms with E-state index in [9.17, 15) is 0 Å². The van der Waals surface area contributed by atoms with Crippen molar-refractivity contribution < 1.29 is 5.11 Å². The van der Waals surface area contributed by atoms with E-state index in [-0.39, 0.29) is 6.61 Å². The summed E-state index contributed by atoms with van der Waals surface area (Å²) in [6.07, 6.45) is 0. The van der Waals surface area contributed by atoms with Crippen molar-refractivity contribution in [2.24, 2.45) is 0 Å². The highest BCUT2D eigenvalue weighted by molar-refractivity contribution is 9.10. The first kappa shape index (κ1) is 9.19. The van der Waals surface area contributed by atoms with Crippen LogP contribution in [0.3, 0.4) is 0 Å². The lowest BCUT2D eigenvalue weighted by Crippen LogP contribution is -1.80. The molecule has 0 atom stereocenters. The molecule has 2 rings (SSSR count). The Balaban J connectivity index is 2.82. The van der Waals surface area contributed by atoms with Gasteiger partial charge in [-0.1, -0.05) is 6.07 Å². The summed E-state index contributed by atoms with van der Waals surface area (Å²) in [6, 6.07) is 4.21. The predicted molar refractivity (Wildman–Crippen MR) is 60.2 cm³/mol. The topological polar surface area (TPSA) is 20.2 Å². The van der Waals surface area contributed by atoms with Gasteiger partial charge in [0.25, 0.3) is 0 Å². The van der Waals surface area contributed by atoms with Crippen LogP contribution in [-0.4, -0.2) is 5.11 Å². The molecule has 1 aromatic carbocycles. The lowest BCUT2D eigenvalue weighted by molar-refractivity contribution is 0.284. The van der Waals surface area contributed by atoms with E-state index in [4.69, 9.17) is 5.11 Å². The van der Waals surface area contributed by atoms with Gasteiger partial charge >= 0.3 is 0 Å². The first-order valence-corrected chi connectivity index (χ1v) is 5.66. The lowest BCUT2D eigenvalue weighted by Gasteiger charge is -1.98. The molecule has 0 aliphatic heterocycles. The SMILES string of the molecule is Cc1cc(Br)c2scc(CO)c2c1. The number of aliphatic hydroxyl groups excluding tert-OH is 1. The van der Waals surface area contributed by atoms with Gasteiger partial charge in [0.05, 0.1) is 6.61 Å². The largest absolute Gasteiger partial charge is 0.392 e. The van der Waals surface area contributed by atoms with Crippen LogP contribution in [0.15, 0.2) is 22.0 Å². The molecule has 3 heteroatoms. The molecule has 0 aliphatic carbocycles. The average Bonchev–Trinajstić information content (AvgIpc) is 2.47. The molecule has 2 aromatic rings. The van der Waals surface area contributed by atoms with Gasteiger partial charge in [-0.2, -0.15) is 0 Å². The summed E-state index contributed by atoms with van der Waals surface area (Å²) < 4.78 is 2.34. The molecule has 1 aromatic heterocycles. The van der Waals surface area contributed by atoms with E-state index in [0.717, 1.165) is 10.0 Å². The van der Waals surface area contributed by atoms with Gasteiger partial charge in [-0.3, -0.25) is 0 Å². The van der Waals surface area contributed by atoms with E-state index in [1.807, 2.05) is 5.38 Å². The Hall–Kier alpha value is -0.380. The number of rotatable bonds is 1. The highest BCUT2D eigenvalue weighted by Crippen LogP contribution is 2.33. The molecule has 1 heterocycles. The number of aryl methyl sites for hydroxylation is 1. The highest BCUT2D eigenvalue weighted by Gasteiger charge is 2.06. The molecule has 68 valence electrons. The molecule has 13 heavy (non-hydrogen) atoms. The minimum Gasteiger partial charge on any atom is -0.392 e. The molecule has 0 aliphatic rings. The van der Waals surface area contributed by atoms with Crippen molar-refractivity contribution in [2.75, 3.05) is 0 Å². The third-order valence-electron chi connectivity index (χ3n) is 2.02. The molecule has 1 N–H and O–H groups in total. The molecule has 0 saturated carbocycles. The predicted octanol–water partition coefficient (Wildman–Crippen LogP) is 3.46. The first-order valence-electron chi connectivity index (χ1n) is 3.99. The first-order chi connectivity index (χ1) is 6.22. The fourth-order valence-electron chi connectivity index (χ4n) is 1.40. The van der Waals surface area contributed by atoms with Gasteiger partial charge in [0, 0.05) is 9.17 Å². The van der Waals surface area contributed by atoms with Crippen molar-refractivity contribution in [2.45, 2.75) is 13.5 Å². The summed E-state index contributed by atoms with van der Waals surface area (Å²) in [6.45, 7) is 2.18. The number of halogens is 1. The van der Waals surface area contributed by atoms with Crippen LogP contribution in [0.25, 0.3) is 10.1 Å². The summed E-state index contributed by atoms with van der Waals surface area (Å²) in [5.41, 5.74) is 2.23. The van der Waals surface area contributed by atoms with Crippen LogP contribution >= 0.6 is 27.3 Å². The van der Waals surface area contributed by atoms with Crippen molar-refractivity contribution in [3.63, 3.8) is 0 Å². The van der Waals surface area contributed by atoms with E-state index in [2.05, 4.69) is 35.0 Å². The van der Waals surface area contributed by atoms with Gasteiger partial charge < -0.3 is 5.11 Å². The zero-order valence-electron chi connectivity index (χ0n) is 7.17. The molecule has 0 amide bonds.